The van der Waals surface area contributed by atoms with Gasteiger partial charge in [0, 0.05) is 12.7 Å². The van der Waals surface area contributed by atoms with Crippen LogP contribution >= 0.6 is 15.9 Å². The smallest absolute Gasteiger partial charge is 0.231 e. The molecule has 0 N–H and O–H groups in total. The number of amides is 1. The molecule has 0 aliphatic heterocycles. The van der Waals surface area contributed by atoms with E-state index in [0.717, 1.165) is 23.3 Å². The first-order chi connectivity index (χ1) is 11.6. The van der Waals surface area contributed by atoms with E-state index in [-0.39, 0.29) is 5.91 Å². The van der Waals surface area contributed by atoms with Gasteiger partial charge in [-0.25, -0.2) is 0 Å². The average Bonchev–Trinajstić information content (AvgIpc) is 2.65. The van der Waals surface area contributed by atoms with E-state index >= 15 is 0 Å². The Balaban J connectivity index is 2.20. The molecule has 0 aliphatic rings. The highest BCUT2D eigenvalue weighted by Gasteiger charge is 2.29. The number of ether oxygens (including phenoxy) is 1. The van der Waals surface area contributed by atoms with Crippen molar-refractivity contribution in [3.63, 3.8) is 0 Å². The molecule has 5 heteroatoms. The molecular formula is C19H20BrNO3. The van der Waals surface area contributed by atoms with Crippen LogP contribution in [0, 0.1) is 5.92 Å². The van der Waals surface area contributed by atoms with E-state index in [0.29, 0.717) is 6.42 Å². The van der Waals surface area contributed by atoms with Crippen molar-refractivity contribution in [3.8, 4) is 5.75 Å². The molecule has 2 rings (SSSR count). The molecule has 2 aromatic carbocycles. The highest BCUT2D eigenvalue weighted by atomic mass is 79.9. The first-order valence-electron chi connectivity index (χ1n) is 7.61. The fourth-order valence-electron chi connectivity index (χ4n) is 2.48. The lowest BCUT2D eigenvalue weighted by atomic mass is 9.95. The summed E-state index contributed by atoms with van der Waals surface area (Å²) in [5, 5.41) is 0. The molecule has 0 aliphatic carbocycles. The number of nitrogens with zero attached hydrogens (tertiary/aromatic N) is 1. The number of benzene rings is 2. The molecule has 0 fully saturated rings. The average molecular weight is 390 g/mol. The summed E-state index contributed by atoms with van der Waals surface area (Å²) in [6.07, 6.45) is 1.27. The molecular weight excluding hydrogens is 370 g/mol. The number of anilines is 1. The van der Waals surface area contributed by atoms with Crippen LogP contribution < -0.4 is 9.64 Å². The van der Waals surface area contributed by atoms with Gasteiger partial charge in [-0.1, -0.05) is 46.3 Å². The van der Waals surface area contributed by atoms with Gasteiger partial charge in [0.05, 0.1) is 17.9 Å². The van der Waals surface area contributed by atoms with E-state index in [1.165, 1.54) is 0 Å². The Morgan fingerprint density at radius 2 is 1.79 bits per heavy atom. The third-order valence-electron chi connectivity index (χ3n) is 3.92. The predicted octanol–water partition coefficient (Wildman–Crippen LogP) is 3.48. The second kappa shape index (κ2) is 8.64. The van der Waals surface area contributed by atoms with E-state index in [4.69, 9.17) is 4.74 Å². The molecule has 0 radical (unpaired) electrons. The minimum atomic E-state index is -0.536. The summed E-state index contributed by atoms with van der Waals surface area (Å²) in [7, 11) is 3.31. The zero-order chi connectivity index (χ0) is 17.5. The summed E-state index contributed by atoms with van der Waals surface area (Å²) in [6, 6.07) is 16.9. The maximum absolute atomic E-state index is 12.9. The van der Waals surface area contributed by atoms with Crippen molar-refractivity contribution >= 4 is 33.8 Å². The third kappa shape index (κ3) is 4.45. The van der Waals surface area contributed by atoms with Crippen molar-refractivity contribution in [1.82, 2.24) is 0 Å². The minimum Gasteiger partial charge on any atom is -0.497 e. The summed E-state index contributed by atoms with van der Waals surface area (Å²) in [6.45, 7) is 0. The topological polar surface area (TPSA) is 46.6 Å². The Hall–Kier alpha value is -2.14. The number of methoxy groups -OCH3 is 1. The molecule has 0 heterocycles. The zero-order valence-corrected chi connectivity index (χ0v) is 15.3. The number of carbonyl (C=O) groups is 2. The largest absolute Gasteiger partial charge is 0.497 e. The SMILES string of the molecule is COc1ccc(N(C)C(=O)[C@H](Cc2ccccc2)C(Br)C=O)cc1. The van der Waals surface area contributed by atoms with Crippen molar-refractivity contribution < 1.29 is 14.3 Å². The maximum Gasteiger partial charge on any atom is 0.231 e. The van der Waals surface area contributed by atoms with Crippen molar-refractivity contribution in [2.45, 2.75) is 11.2 Å². The van der Waals surface area contributed by atoms with Gasteiger partial charge in [-0.2, -0.15) is 0 Å². The van der Waals surface area contributed by atoms with Crippen LogP contribution in [0.5, 0.6) is 5.75 Å². The monoisotopic (exact) mass is 389 g/mol. The Morgan fingerprint density at radius 1 is 1.17 bits per heavy atom. The van der Waals surface area contributed by atoms with Crippen LogP contribution in [-0.2, 0) is 16.0 Å². The number of hydrogen-bond acceptors (Lipinski definition) is 3. The Morgan fingerprint density at radius 3 is 2.33 bits per heavy atom. The van der Waals surface area contributed by atoms with Gasteiger partial charge in [0.15, 0.2) is 0 Å². The van der Waals surface area contributed by atoms with Crippen LogP contribution in [0.15, 0.2) is 54.6 Å². The van der Waals surface area contributed by atoms with Crippen LogP contribution in [0.1, 0.15) is 5.56 Å². The molecule has 2 atom stereocenters. The van der Waals surface area contributed by atoms with Gasteiger partial charge in [-0.05, 0) is 36.2 Å². The molecule has 0 saturated carbocycles. The van der Waals surface area contributed by atoms with Gasteiger partial charge in [0.1, 0.15) is 12.0 Å². The normalized spacial score (nSPS) is 13.0. The van der Waals surface area contributed by atoms with Crippen molar-refractivity contribution in [2.24, 2.45) is 5.92 Å². The first kappa shape index (κ1) is 18.2. The lowest BCUT2D eigenvalue weighted by Crippen LogP contribution is -2.38. The summed E-state index contributed by atoms with van der Waals surface area (Å²) >= 11 is 3.33. The second-order valence-corrected chi connectivity index (χ2v) is 6.53. The lowest BCUT2D eigenvalue weighted by Gasteiger charge is -2.25. The van der Waals surface area contributed by atoms with Crippen molar-refractivity contribution in [1.29, 1.82) is 0 Å². The molecule has 2 aromatic rings. The Kier molecular flexibility index (Phi) is 6.55. The van der Waals surface area contributed by atoms with E-state index in [2.05, 4.69) is 15.9 Å². The fraction of sp³-hybridized carbons (Fsp3) is 0.263. The third-order valence-corrected chi connectivity index (χ3v) is 4.77. The number of aldehydes is 1. The summed E-state index contributed by atoms with van der Waals surface area (Å²) in [5.74, 6) is 0.140. The maximum atomic E-state index is 12.9. The van der Waals surface area contributed by atoms with Gasteiger partial charge in [-0.15, -0.1) is 0 Å². The number of hydrogen-bond donors (Lipinski definition) is 0. The molecule has 0 aromatic heterocycles. The number of carbonyl (C=O) groups excluding carboxylic acids is 2. The molecule has 0 bridgehead atoms. The summed E-state index contributed by atoms with van der Waals surface area (Å²) in [4.78, 5) is 25.2. The molecule has 1 amide bonds. The van der Waals surface area contributed by atoms with Gasteiger partial charge < -0.3 is 14.4 Å². The Labute approximate surface area is 150 Å². The molecule has 24 heavy (non-hydrogen) atoms. The van der Waals surface area contributed by atoms with Gasteiger partial charge in [0.2, 0.25) is 5.91 Å². The summed E-state index contributed by atoms with van der Waals surface area (Å²) < 4.78 is 5.13. The highest BCUT2D eigenvalue weighted by Crippen LogP contribution is 2.24. The Bertz CT molecular complexity index is 673. The highest BCUT2D eigenvalue weighted by molar-refractivity contribution is 9.10. The zero-order valence-electron chi connectivity index (χ0n) is 13.7. The van der Waals surface area contributed by atoms with Crippen LogP contribution in [0.25, 0.3) is 0 Å². The van der Waals surface area contributed by atoms with E-state index in [1.807, 2.05) is 42.5 Å². The predicted molar refractivity (Wildman–Crippen MR) is 98.8 cm³/mol. The molecule has 126 valence electrons. The van der Waals surface area contributed by atoms with Crippen LogP contribution in [0.4, 0.5) is 5.69 Å². The minimum absolute atomic E-state index is 0.113. The lowest BCUT2D eigenvalue weighted by molar-refractivity contribution is -0.123. The standard InChI is InChI=1S/C19H20BrNO3/c1-21(15-8-10-16(24-2)11-9-15)19(23)17(18(20)13-22)12-14-6-4-3-5-7-14/h3-11,13,17-18H,12H2,1-2H3/t17-,18?/m1/s1. The number of halogens is 1. The van der Waals surface area contributed by atoms with Crippen LogP contribution in [-0.4, -0.2) is 31.2 Å². The van der Waals surface area contributed by atoms with E-state index in [9.17, 15) is 9.59 Å². The molecule has 4 nitrogen and oxygen atoms in total. The van der Waals surface area contributed by atoms with Crippen LogP contribution in [0.3, 0.4) is 0 Å². The van der Waals surface area contributed by atoms with Crippen LogP contribution in [0.2, 0.25) is 0 Å². The number of rotatable bonds is 7. The summed E-state index contributed by atoms with van der Waals surface area (Å²) in [5.41, 5.74) is 1.77. The number of alkyl halides is 1. The van der Waals surface area contributed by atoms with Crippen molar-refractivity contribution in [2.75, 3.05) is 19.1 Å². The quantitative estimate of drug-likeness (QED) is 0.537. The van der Waals surface area contributed by atoms with Crippen molar-refractivity contribution in [3.05, 3.63) is 60.2 Å². The van der Waals surface area contributed by atoms with Gasteiger partial charge >= 0.3 is 0 Å². The van der Waals surface area contributed by atoms with Gasteiger partial charge in [0.25, 0.3) is 0 Å². The van der Waals surface area contributed by atoms with Gasteiger partial charge in [-0.3, -0.25) is 4.79 Å². The molecule has 0 saturated heterocycles. The molecule has 0 spiro atoms. The molecule has 1 unspecified atom stereocenters. The van der Waals surface area contributed by atoms with E-state index < -0.39 is 10.7 Å². The second-order valence-electron chi connectivity index (χ2n) is 5.47. The fourth-order valence-corrected chi connectivity index (χ4v) is 2.89. The van der Waals surface area contributed by atoms with E-state index in [1.54, 1.807) is 31.2 Å². The first-order valence-corrected chi connectivity index (χ1v) is 8.53.